The smallest absolute Gasteiger partial charge is 0.489 e. The van der Waals surface area contributed by atoms with E-state index in [-0.39, 0.29) is 5.91 Å². The Labute approximate surface area is 214 Å². The quantitative estimate of drug-likeness (QED) is 0.415. The van der Waals surface area contributed by atoms with Crippen molar-refractivity contribution >= 4 is 28.3 Å². The first-order valence-electron chi connectivity index (χ1n) is 12.2. The molecule has 0 spiro atoms. The van der Waals surface area contributed by atoms with Crippen LogP contribution in [0.2, 0.25) is 0 Å². The number of anilines is 1. The van der Waals surface area contributed by atoms with E-state index in [9.17, 15) is 18.0 Å². The van der Waals surface area contributed by atoms with E-state index in [1.54, 1.807) is 0 Å². The lowest BCUT2D eigenvalue weighted by atomic mass is 9.97. The molecule has 1 amide bonds. The van der Waals surface area contributed by atoms with Crippen LogP contribution in [0.15, 0.2) is 66.7 Å². The SMILES string of the molecule is CCC(=O)N(CC1CCNCC1)c1ccc2cc(OCc3ccccc3)ccc2c1.O=C(O)C(F)(F)F. The summed E-state index contributed by atoms with van der Waals surface area (Å²) in [5, 5.41) is 12.8. The monoisotopic (exact) mass is 516 g/mol. The predicted molar refractivity (Wildman–Crippen MR) is 137 cm³/mol. The highest BCUT2D eigenvalue weighted by atomic mass is 19.4. The second kappa shape index (κ2) is 13.1. The van der Waals surface area contributed by atoms with Gasteiger partial charge in [0.1, 0.15) is 12.4 Å². The van der Waals surface area contributed by atoms with Gasteiger partial charge < -0.3 is 20.1 Å². The molecule has 0 aromatic heterocycles. The van der Waals surface area contributed by atoms with Crippen molar-refractivity contribution in [2.75, 3.05) is 24.5 Å². The number of aliphatic carboxylic acids is 1. The highest BCUT2D eigenvalue weighted by Crippen LogP contribution is 2.28. The number of rotatable bonds is 7. The molecule has 0 aliphatic carbocycles. The fourth-order valence-electron chi connectivity index (χ4n) is 4.07. The molecule has 3 aromatic rings. The number of nitrogens with zero attached hydrogens (tertiary/aromatic N) is 1. The Kier molecular flexibility index (Phi) is 9.91. The molecule has 0 saturated carbocycles. The zero-order valence-corrected chi connectivity index (χ0v) is 20.6. The molecule has 1 fully saturated rings. The second-order valence-corrected chi connectivity index (χ2v) is 8.82. The number of carboxylic acid groups (broad SMARTS) is 1. The Balaban J connectivity index is 0.000000479. The number of fused-ring (bicyclic) bond motifs is 1. The van der Waals surface area contributed by atoms with Crippen molar-refractivity contribution in [1.82, 2.24) is 5.32 Å². The van der Waals surface area contributed by atoms with Gasteiger partial charge in [0.15, 0.2) is 0 Å². The first-order chi connectivity index (χ1) is 17.7. The summed E-state index contributed by atoms with van der Waals surface area (Å²) in [6.45, 7) is 5.39. The molecule has 0 radical (unpaired) electrons. The number of benzene rings is 3. The van der Waals surface area contributed by atoms with Gasteiger partial charge >= 0.3 is 12.1 Å². The zero-order valence-electron chi connectivity index (χ0n) is 20.6. The van der Waals surface area contributed by atoms with Crippen LogP contribution in [0, 0.1) is 5.92 Å². The normalized spacial score (nSPS) is 13.9. The highest BCUT2D eigenvalue weighted by Gasteiger charge is 2.38. The molecule has 1 heterocycles. The van der Waals surface area contributed by atoms with Gasteiger partial charge in [0.25, 0.3) is 0 Å². The summed E-state index contributed by atoms with van der Waals surface area (Å²) in [5.41, 5.74) is 2.14. The van der Waals surface area contributed by atoms with Gasteiger partial charge in [-0.15, -0.1) is 0 Å². The molecule has 9 heteroatoms. The predicted octanol–water partition coefficient (Wildman–Crippen LogP) is 5.79. The van der Waals surface area contributed by atoms with Crippen molar-refractivity contribution in [3.63, 3.8) is 0 Å². The highest BCUT2D eigenvalue weighted by molar-refractivity contribution is 5.96. The lowest BCUT2D eigenvalue weighted by Crippen LogP contribution is -2.39. The van der Waals surface area contributed by atoms with Crippen LogP contribution in [0.1, 0.15) is 31.7 Å². The fraction of sp³-hybridized carbons (Fsp3) is 0.357. The molecule has 2 N–H and O–H groups in total. The Bertz CT molecular complexity index is 1180. The van der Waals surface area contributed by atoms with Crippen LogP contribution >= 0.6 is 0 Å². The van der Waals surface area contributed by atoms with E-state index in [0.29, 0.717) is 18.9 Å². The van der Waals surface area contributed by atoms with Crippen LogP contribution in [0.3, 0.4) is 0 Å². The molecule has 1 aliphatic rings. The van der Waals surface area contributed by atoms with E-state index in [1.165, 1.54) is 0 Å². The Morgan fingerprint density at radius 2 is 1.62 bits per heavy atom. The number of carbonyl (C=O) groups is 2. The molecule has 37 heavy (non-hydrogen) atoms. The maximum Gasteiger partial charge on any atom is 0.490 e. The minimum atomic E-state index is -5.08. The summed E-state index contributed by atoms with van der Waals surface area (Å²) in [6, 6.07) is 22.6. The van der Waals surface area contributed by atoms with Crippen LogP contribution in [0.4, 0.5) is 18.9 Å². The zero-order chi connectivity index (χ0) is 26.8. The standard InChI is InChI=1S/C26H30N2O2.C2HF3O2/c1-2-26(29)28(18-20-12-14-27-15-13-20)24-10-8-23-17-25(11-9-22(23)16-24)30-19-21-6-4-3-5-7-21;3-2(4,5)1(6)7/h3-11,16-17,20,27H,2,12-15,18-19H2,1H3;(H,6,7). The van der Waals surface area contributed by atoms with Crippen molar-refractivity contribution in [3.8, 4) is 5.75 Å². The Morgan fingerprint density at radius 3 is 2.24 bits per heavy atom. The van der Waals surface area contributed by atoms with Crippen LogP contribution in [0.25, 0.3) is 10.8 Å². The molecule has 198 valence electrons. The maximum atomic E-state index is 12.7. The summed E-state index contributed by atoms with van der Waals surface area (Å²) in [6.07, 6.45) is -2.30. The van der Waals surface area contributed by atoms with E-state index in [1.807, 2.05) is 36.1 Å². The summed E-state index contributed by atoms with van der Waals surface area (Å²) in [4.78, 5) is 23.6. The van der Waals surface area contributed by atoms with Gasteiger partial charge in [-0.3, -0.25) is 4.79 Å². The number of carbonyl (C=O) groups excluding carboxylic acids is 1. The second-order valence-electron chi connectivity index (χ2n) is 8.82. The van der Waals surface area contributed by atoms with Crippen LogP contribution in [0.5, 0.6) is 5.75 Å². The summed E-state index contributed by atoms with van der Waals surface area (Å²) in [7, 11) is 0. The first-order valence-corrected chi connectivity index (χ1v) is 12.2. The summed E-state index contributed by atoms with van der Waals surface area (Å²) in [5.74, 6) is -1.15. The molecular formula is C28H31F3N2O4. The minimum absolute atomic E-state index is 0.190. The minimum Gasteiger partial charge on any atom is -0.489 e. The Morgan fingerprint density at radius 1 is 1.00 bits per heavy atom. The average molecular weight is 517 g/mol. The average Bonchev–Trinajstić information content (AvgIpc) is 2.91. The number of hydrogen-bond donors (Lipinski definition) is 2. The number of piperidine rings is 1. The number of nitrogens with one attached hydrogen (secondary N) is 1. The van der Waals surface area contributed by atoms with Crippen molar-refractivity contribution < 1.29 is 32.6 Å². The number of carboxylic acids is 1. The van der Waals surface area contributed by atoms with Crippen LogP contribution in [-0.2, 0) is 16.2 Å². The molecule has 4 rings (SSSR count). The van der Waals surface area contributed by atoms with Gasteiger partial charge in [-0.1, -0.05) is 49.4 Å². The number of alkyl halides is 3. The third-order valence-corrected chi connectivity index (χ3v) is 6.10. The Hall–Kier alpha value is -3.59. The van der Waals surface area contributed by atoms with E-state index in [2.05, 4.69) is 47.8 Å². The lowest BCUT2D eigenvalue weighted by molar-refractivity contribution is -0.192. The fourth-order valence-corrected chi connectivity index (χ4v) is 4.07. The lowest BCUT2D eigenvalue weighted by Gasteiger charge is -2.30. The van der Waals surface area contributed by atoms with Gasteiger partial charge in [0, 0.05) is 18.7 Å². The molecule has 1 aliphatic heterocycles. The summed E-state index contributed by atoms with van der Waals surface area (Å²) < 4.78 is 37.7. The number of halogens is 3. The van der Waals surface area contributed by atoms with Gasteiger partial charge in [-0.2, -0.15) is 13.2 Å². The van der Waals surface area contributed by atoms with Gasteiger partial charge in [-0.05, 0) is 72.5 Å². The van der Waals surface area contributed by atoms with Crippen LogP contribution < -0.4 is 15.0 Å². The summed E-state index contributed by atoms with van der Waals surface area (Å²) >= 11 is 0. The van der Waals surface area contributed by atoms with Crippen molar-refractivity contribution in [3.05, 3.63) is 72.3 Å². The van der Waals surface area contributed by atoms with Crippen LogP contribution in [-0.4, -0.2) is 42.8 Å². The molecule has 3 aromatic carbocycles. The van der Waals surface area contributed by atoms with E-state index in [4.69, 9.17) is 14.6 Å². The molecule has 0 atom stereocenters. The van der Waals surface area contributed by atoms with Gasteiger partial charge in [0.05, 0.1) is 0 Å². The maximum absolute atomic E-state index is 12.7. The topological polar surface area (TPSA) is 78.9 Å². The third kappa shape index (κ3) is 8.49. The molecule has 1 saturated heterocycles. The van der Waals surface area contributed by atoms with E-state index >= 15 is 0 Å². The molecule has 6 nitrogen and oxygen atoms in total. The van der Waals surface area contributed by atoms with E-state index < -0.39 is 12.1 Å². The number of ether oxygens (including phenoxy) is 1. The molecule has 0 bridgehead atoms. The third-order valence-electron chi connectivity index (χ3n) is 6.10. The van der Waals surface area contributed by atoms with Crippen molar-refractivity contribution in [1.29, 1.82) is 0 Å². The van der Waals surface area contributed by atoms with Gasteiger partial charge in [0.2, 0.25) is 5.91 Å². The van der Waals surface area contributed by atoms with Gasteiger partial charge in [-0.25, -0.2) is 4.79 Å². The van der Waals surface area contributed by atoms with Crippen molar-refractivity contribution in [2.45, 2.75) is 39.0 Å². The number of amides is 1. The first kappa shape index (κ1) is 28.0. The van der Waals surface area contributed by atoms with Crippen molar-refractivity contribution in [2.24, 2.45) is 5.92 Å². The molecular weight excluding hydrogens is 485 g/mol. The van der Waals surface area contributed by atoms with E-state index in [0.717, 1.165) is 60.2 Å². The number of hydrogen-bond acceptors (Lipinski definition) is 4. The largest absolute Gasteiger partial charge is 0.490 e. The molecule has 0 unspecified atom stereocenters.